The summed E-state index contributed by atoms with van der Waals surface area (Å²) in [6, 6.07) is 5.74. The fraction of sp³-hybridized carbons (Fsp3) is 0.400. The highest BCUT2D eigenvalue weighted by Gasteiger charge is 2.39. The molecule has 0 N–H and O–H groups in total. The van der Waals surface area contributed by atoms with Crippen molar-refractivity contribution >= 4 is 11.9 Å². The van der Waals surface area contributed by atoms with Crippen LogP contribution in [-0.2, 0) is 19.1 Å². The number of esters is 2. The van der Waals surface area contributed by atoms with Crippen molar-refractivity contribution in [3.05, 3.63) is 60.7 Å². The molecule has 0 unspecified atom stereocenters. The summed E-state index contributed by atoms with van der Waals surface area (Å²) in [5, 5.41) is 0. The molecule has 1 aromatic heterocycles. The average molecular weight is 342 g/mol. The second-order valence-electron chi connectivity index (χ2n) is 5.58. The third kappa shape index (κ3) is 5.83. The zero-order valence-corrected chi connectivity index (χ0v) is 14.8. The van der Waals surface area contributed by atoms with E-state index in [4.69, 9.17) is 9.47 Å². The van der Waals surface area contributed by atoms with Gasteiger partial charge in [0, 0.05) is 30.7 Å². The molecule has 0 spiro atoms. The Morgan fingerprint density at radius 2 is 1.48 bits per heavy atom. The molecular formula is C20H24NO4. The largest absolute Gasteiger partial charge is 0.466 e. The first-order chi connectivity index (χ1) is 12.2. The summed E-state index contributed by atoms with van der Waals surface area (Å²) in [6.07, 6.45) is 7.58. The second-order valence-corrected chi connectivity index (χ2v) is 5.58. The smallest absolute Gasteiger partial charge is 0.305 e. The van der Waals surface area contributed by atoms with E-state index in [1.54, 1.807) is 20.0 Å². The van der Waals surface area contributed by atoms with Gasteiger partial charge in [-0.2, -0.15) is 0 Å². The fourth-order valence-corrected chi connectivity index (χ4v) is 2.77. The first kappa shape index (κ1) is 19.4. The molecule has 0 aliphatic heterocycles. The van der Waals surface area contributed by atoms with Crippen LogP contribution in [-0.4, -0.2) is 30.1 Å². The fourth-order valence-electron chi connectivity index (χ4n) is 2.77. The second kappa shape index (κ2) is 10.2. The molecule has 5 nitrogen and oxygen atoms in total. The number of pyridine rings is 1. The molecular weight excluding hydrogens is 318 g/mol. The number of ether oxygens (including phenoxy) is 2. The number of carbonyl (C=O) groups excluding carboxylic acids is 2. The lowest BCUT2D eigenvalue weighted by Crippen LogP contribution is -2.16. The van der Waals surface area contributed by atoms with Gasteiger partial charge in [0.1, 0.15) is 0 Å². The molecule has 1 saturated carbocycles. The number of hydrogen-bond acceptors (Lipinski definition) is 5. The van der Waals surface area contributed by atoms with Gasteiger partial charge in [0.25, 0.3) is 0 Å². The number of nitrogens with zero attached hydrogens (tertiary/aromatic N) is 1. The lowest BCUT2D eigenvalue weighted by atomic mass is 9.82. The van der Waals surface area contributed by atoms with Gasteiger partial charge >= 0.3 is 11.9 Å². The van der Waals surface area contributed by atoms with Crippen LogP contribution in [0.2, 0.25) is 0 Å². The molecule has 0 saturated heterocycles. The predicted octanol–water partition coefficient (Wildman–Crippen LogP) is 3.26. The molecule has 25 heavy (non-hydrogen) atoms. The minimum atomic E-state index is -0.205. The molecule has 133 valence electrons. The third-order valence-corrected chi connectivity index (χ3v) is 3.86. The van der Waals surface area contributed by atoms with E-state index in [2.05, 4.69) is 4.98 Å². The molecule has 5 heteroatoms. The Balaban J connectivity index is 2.01. The maximum absolute atomic E-state index is 11.7. The van der Waals surface area contributed by atoms with Gasteiger partial charge in [-0.15, -0.1) is 0 Å². The van der Waals surface area contributed by atoms with E-state index in [0.29, 0.717) is 38.9 Å². The van der Waals surface area contributed by atoms with E-state index in [1.165, 1.54) is 0 Å². The number of rotatable bonds is 9. The van der Waals surface area contributed by atoms with Gasteiger partial charge in [0.05, 0.1) is 13.2 Å². The van der Waals surface area contributed by atoms with Crippen LogP contribution >= 0.6 is 0 Å². The van der Waals surface area contributed by atoms with Crippen molar-refractivity contribution in [3.63, 3.8) is 0 Å². The Hall–Kier alpha value is -1.91. The van der Waals surface area contributed by atoms with Crippen LogP contribution in [0.25, 0.3) is 0 Å². The summed E-state index contributed by atoms with van der Waals surface area (Å²) in [7, 11) is 0. The van der Waals surface area contributed by atoms with Crippen LogP contribution in [0.15, 0.2) is 24.4 Å². The molecule has 1 aliphatic rings. The quantitative estimate of drug-likeness (QED) is 0.645. The summed E-state index contributed by atoms with van der Waals surface area (Å²) in [5.41, 5.74) is 0.852. The first-order valence-corrected chi connectivity index (χ1v) is 8.65. The molecule has 1 aromatic rings. The van der Waals surface area contributed by atoms with Gasteiger partial charge in [0.15, 0.2) is 0 Å². The summed E-state index contributed by atoms with van der Waals surface area (Å²) >= 11 is 0. The Labute approximate surface area is 150 Å². The molecule has 5 radical (unpaired) electrons. The lowest BCUT2D eigenvalue weighted by Gasteiger charge is -2.22. The van der Waals surface area contributed by atoms with Gasteiger partial charge in [-0.1, -0.05) is 6.07 Å². The standard InChI is InChI=1S/C20H24NO4/c1-3-24-18(22)12-10-15-8-9-16(11-13-19(23)25-4-2)20(15)17-7-5-6-14-21-17/h5-9,14H,3-4,10-13H2,1-2H3. The molecule has 0 atom stereocenters. The monoisotopic (exact) mass is 342 g/mol. The minimum absolute atomic E-state index is 0.205. The lowest BCUT2D eigenvalue weighted by molar-refractivity contribution is -0.144. The summed E-state index contributed by atoms with van der Waals surface area (Å²) in [4.78, 5) is 27.8. The van der Waals surface area contributed by atoms with Crippen molar-refractivity contribution in [1.82, 2.24) is 4.98 Å². The van der Waals surface area contributed by atoms with E-state index < -0.39 is 0 Å². The van der Waals surface area contributed by atoms with Crippen molar-refractivity contribution in [2.75, 3.05) is 13.2 Å². The third-order valence-electron chi connectivity index (χ3n) is 3.86. The molecule has 0 amide bonds. The summed E-state index contributed by atoms with van der Waals surface area (Å²) < 4.78 is 10.0. The Bertz CT molecular complexity index is 516. The van der Waals surface area contributed by atoms with Crippen LogP contribution in [0, 0.1) is 30.6 Å². The van der Waals surface area contributed by atoms with E-state index in [1.807, 2.05) is 31.0 Å². The molecule has 1 fully saturated rings. The minimum Gasteiger partial charge on any atom is -0.466 e. The zero-order valence-electron chi connectivity index (χ0n) is 14.8. The molecule has 1 heterocycles. The number of aromatic nitrogens is 1. The first-order valence-electron chi connectivity index (χ1n) is 8.65. The van der Waals surface area contributed by atoms with Gasteiger partial charge in [0.2, 0.25) is 0 Å². The van der Waals surface area contributed by atoms with Gasteiger partial charge in [-0.3, -0.25) is 14.6 Å². The predicted molar refractivity (Wildman–Crippen MR) is 93.4 cm³/mol. The van der Waals surface area contributed by atoms with E-state index in [0.717, 1.165) is 23.4 Å². The Kier molecular flexibility index (Phi) is 7.89. The van der Waals surface area contributed by atoms with Gasteiger partial charge in [-0.05, 0) is 63.5 Å². The van der Waals surface area contributed by atoms with Gasteiger partial charge in [-0.25, -0.2) is 0 Å². The highest BCUT2D eigenvalue weighted by molar-refractivity contribution is 5.72. The highest BCUT2D eigenvalue weighted by Crippen LogP contribution is 2.48. The van der Waals surface area contributed by atoms with Gasteiger partial charge < -0.3 is 9.47 Å². The van der Waals surface area contributed by atoms with E-state index in [-0.39, 0.29) is 11.9 Å². The van der Waals surface area contributed by atoms with E-state index >= 15 is 0 Å². The molecule has 0 aromatic carbocycles. The van der Waals surface area contributed by atoms with Crippen LogP contribution < -0.4 is 0 Å². The van der Waals surface area contributed by atoms with Crippen molar-refractivity contribution < 1.29 is 19.1 Å². The topological polar surface area (TPSA) is 65.5 Å². The number of carbonyl (C=O) groups is 2. The van der Waals surface area contributed by atoms with Crippen LogP contribution in [0.5, 0.6) is 0 Å². The zero-order chi connectivity index (χ0) is 18.1. The molecule has 0 bridgehead atoms. The highest BCUT2D eigenvalue weighted by atomic mass is 16.5. The number of hydrogen-bond donors (Lipinski definition) is 0. The van der Waals surface area contributed by atoms with Crippen molar-refractivity contribution in [2.45, 2.75) is 39.5 Å². The molecule has 1 aliphatic carbocycles. The van der Waals surface area contributed by atoms with Crippen molar-refractivity contribution in [1.29, 1.82) is 0 Å². The van der Waals surface area contributed by atoms with Crippen molar-refractivity contribution in [2.24, 2.45) is 0 Å². The summed E-state index contributed by atoms with van der Waals surface area (Å²) in [6.45, 7) is 4.37. The van der Waals surface area contributed by atoms with Crippen LogP contribution in [0.4, 0.5) is 0 Å². The van der Waals surface area contributed by atoms with E-state index in [9.17, 15) is 9.59 Å². The Morgan fingerprint density at radius 3 is 1.92 bits per heavy atom. The van der Waals surface area contributed by atoms with Crippen LogP contribution in [0.1, 0.15) is 45.2 Å². The Morgan fingerprint density at radius 1 is 0.920 bits per heavy atom. The normalized spacial score (nSPS) is 16.1. The maximum atomic E-state index is 11.7. The summed E-state index contributed by atoms with van der Waals surface area (Å²) in [5.74, 6) is 2.69. The average Bonchev–Trinajstić information content (AvgIpc) is 3.02. The van der Waals surface area contributed by atoms with Crippen LogP contribution in [0.3, 0.4) is 0 Å². The van der Waals surface area contributed by atoms with Crippen molar-refractivity contribution in [3.8, 4) is 0 Å². The SMILES string of the molecule is CCOC(=O)CC[C]1[CH][CH][C](CCC(=O)OCC)[C]1c1ccccn1. The molecule has 2 rings (SSSR count). The maximum Gasteiger partial charge on any atom is 0.305 e.